The summed E-state index contributed by atoms with van der Waals surface area (Å²) in [6, 6.07) is 15.9. The van der Waals surface area contributed by atoms with E-state index in [0.29, 0.717) is 17.1 Å². The molecular weight excluding hydrogens is 414 g/mol. The van der Waals surface area contributed by atoms with E-state index in [2.05, 4.69) is 0 Å². The van der Waals surface area contributed by atoms with Gasteiger partial charge in [0.25, 0.3) is 0 Å². The third-order valence-corrected chi connectivity index (χ3v) is 5.67. The molecule has 5 rings (SSSR count). The molecule has 2 aromatic carbocycles. The van der Waals surface area contributed by atoms with Crippen molar-refractivity contribution in [1.29, 1.82) is 0 Å². The van der Waals surface area contributed by atoms with Crippen LogP contribution < -0.4 is 4.90 Å². The summed E-state index contributed by atoms with van der Waals surface area (Å²) in [6.07, 6.45) is -2.28. The number of hydrogen-bond donors (Lipinski definition) is 1. The molecule has 2 unspecified atom stereocenters. The van der Waals surface area contributed by atoms with Crippen LogP contribution in [0.3, 0.4) is 0 Å². The SMILES string of the molecule is Cc1ccc(-c2nc3c(nc2-c2ccc(C)cc2)N(C(=O)O)CC2OC(=S)OC32)cc1. The van der Waals surface area contributed by atoms with Crippen molar-refractivity contribution in [2.24, 2.45) is 0 Å². The summed E-state index contributed by atoms with van der Waals surface area (Å²) in [5.74, 6) is 0.244. The number of nitrogens with zero attached hydrogens (tertiary/aromatic N) is 3. The Morgan fingerprint density at radius 3 is 2.06 bits per heavy atom. The fourth-order valence-corrected chi connectivity index (χ4v) is 4.07. The van der Waals surface area contributed by atoms with E-state index >= 15 is 0 Å². The molecule has 0 bridgehead atoms. The summed E-state index contributed by atoms with van der Waals surface area (Å²) in [5.41, 5.74) is 5.63. The van der Waals surface area contributed by atoms with Crippen molar-refractivity contribution in [3.05, 3.63) is 65.4 Å². The lowest BCUT2D eigenvalue weighted by molar-refractivity contribution is 0.143. The number of ether oxygens (including phenoxy) is 2. The molecule has 1 amide bonds. The van der Waals surface area contributed by atoms with Gasteiger partial charge in [0.2, 0.25) is 0 Å². The molecular formula is C23H19N3O4S. The van der Waals surface area contributed by atoms with Gasteiger partial charge in [0, 0.05) is 23.3 Å². The molecule has 7 nitrogen and oxygen atoms in total. The average Bonchev–Trinajstić information content (AvgIpc) is 3.14. The van der Waals surface area contributed by atoms with E-state index in [-0.39, 0.29) is 17.6 Å². The fourth-order valence-electron chi connectivity index (χ4n) is 3.85. The second-order valence-electron chi connectivity index (χ2n) is 7.70. The van der Waals surface area contributed by atoms with Crippen LogP contribution in [0.2, 0.25) is 0 Å². The normalized spacial score (nSPS) is 19.3. The number of benzene rings is 2. The number of anilines is 1. The standard InChI is InChI=1S/C23H19N3O4S/c1-12-3-7-14(8-4-12)17-18(15-9-5-13(2)6-10-15)25-21-19(24-17)20-16(29-23(31)30-20)11-26(21)22(27)28/h3-10,16,20H,11H2,1-2H3,(H,27,28). The van der Waals surface area contributed by atoms with Crippen LogP contribution in [0.25, 0.3) is 22.5 Å². The summed E-state index contributed by atoms with van der Waals surface area (Å²) in [5, 5.41) is 9.81. The minimum Gasteiger partial charge on any atom is -0.465 e. The number of fused-ring (bicyclic) bond motifs is 3. The summed E-state index contributed by atoms with van der Waals surface area (Å²) in [6.45, 7) is 4.10. The molecule has 2 aliphatic rings. The van der Waals surface area contributed by atoms with E-state index in [4.69, 9.17) is 31.7 Å². The Morgan fingerprint density at radius 2 is 1.52 bits per heavy atom. The maximum atomic E-state index is 12.0. The van der Waals surface area contributed by atoms with Crippen LogP contribution in [0, 0.1) is 13.8 Å². The third-order valence-electron chi connectivity index (χ3n) is 5.48. The van der Waals surface area contributed by atoms with Crippen molar-refractivity contribution in [3.63, 3.8) is 0 Å². The zero-order valence-electron chi connectivity index (χ0n) is 16.9. The van der Waals surface area contributed by atoms with E-state index in [9.17, 15) is 9.90 Å². The Balaban J connectivity index is 1.76. The van der Waals surface area contributed by atoms with E-state index in [1.165, 1.54) is 0 Å². The second-order valence-corrected chi connectivity index (χ2v) is 8.03. The fraction of sp³-hybridized carbons (Fsp3) is 0.217. The highest BCUT2D eigenvalue weighted by atomic mass is 32.1. The van der Waals surface area contributed by atoms with Crippen LogP contribution in [-0.2, 0) is 9.47 Å². The van der Waals surface area contributed by atoms with Gasteiger partial charge in [0.1, 0.15) is 5.69 Å². The van der Waals surface area contributed by atoms with Crippen molar-refractivity contribution in [2.45, 2.75) is 26.1 Å². The molecule has 156 valence electrons. The highest BCUT2D eigenvalue weighted by Gasteiger charge is 2.47. The summed E-state index contributed by atoms with van der Waals surface area (Å²) in [7, 11) is 0. The molecule has 1 fully saturated rings. The van der Waals surface area contributed by atoms with E-state index in [1.807, 2.05) is 62.4 Å². The first-order chi connectivity index (χ1) is 14.9. The van der Waals surface area contributed by atoms with Crippen LogP contribution in [0.5, 0.6) is 0 Å². The quantitative estimate of drug-likeness (QED) is 0.588. The maximum absolute atomic E-state index is 12.0. The smallest absolute Gasteiger partial charge is 0.413 e. The summed E-state index contributed by atoms with van der Waals surface area (Å²) < 4.78 is 11.2. The lowest BCUT2D eigenvalue weighted by Gasteiger charge is -2.31. The van der Waals surface area contributed by atoms with Crippen LogP contribution in [0.15, 0.2) is 48.5 Å². The molecule has 0 aliphatic carbocycles. The van der Waals surface area contributed by atoms with Gasteiger partial charge >= 0.3 is 11.3 Å². The van der Waals surface area contributed by atoms with Crippen molar-refractivity contribution in [3.8, 4) is 22.5 Å². The molecule has 1 aromatic heterocycles. The predicted octanol–water partition coefficient (Wildman–Crippen LogP) is 4.67. The number of thiocarbonyl (C=S) groups is 1. The Labute approximate surface area is 184 Å². The lowest BCUT2D eigenvalue weighted by atomic mass is 9.99. The molecule has 1 N–H and O–H groups in total. The first-order valence-electron chi connectivity index (χ1n) is 9.84. The molecule has 3 aromatic rings. The van der Waals surface area contributed by atoms with E-state index in [1.54, 1.807) is 0 Å². The molecule has 8 heteroatoms. The zero-order valence-corrected chi connectivity index (χ0v) is 17.7. The lowest BCUT2D eigenvalue weighted by Crippen LogP contribution is -2.44. The van der Waals surface area contributed by atoms with Crippen molar-refractivity contribution < 1.29 is 19.4 Å². The van der Waals surface area contributed by atoms with Crippen LogP contribution in [0.1, 0.15) is 22.9 Å². The highest BCUT2D eigenvalue weighted by molar-refractivity contribution is 7.79. The van der Waals surface area contributed by atoms with Gasteiger partial charge in [-0.1, -0.05) is 59.7 Å². The minimum atomic E-state index is -1.13. The van der Waals surface area contributed by atoms with E-state index in [0.717, 1.165) is 27.2 Å². The number of hydrogen-bond acceptors (Lipinski definition) is 6. The van der Waals surface area contributed by atoms with E-state index < -0.39 is 18.3 Å². The highest BCUT2D eigenvalue weighted by Crippen LogP contribution is 2.42. The molecule has 3 heterocycles. The number of amides is 1. The molecule has 1 saturated heterocycles. The van der Waals surface area contributed by atoms with Crippen LogP contribution in [0.4, 0.5) is 10.6 Å². The predicted molar refractivity (Wildman–Crippen MR) is 119 cm³/mol. The maximum Gasteiger partial charge on any atom is 0.413 e. The Morgan fingerprint density at radius 1 is 0.968 bits per heavy atom. The van der Waals surface area contributed by atoms with Gasteiger partial charge in [0.05, 0.1) is 17.9 Å². The number of carbonyl (C=O) groups is 1. The molecule has 31 heavy (non-hydrogen) atoms. The van der Waals surface area contributed by atoms with Crippen molar-refractivity contribution in [1.82, 2.24) is 9.97 Å². The van der Waals surface area contributed by atoms with Crippen molar-refractivity contribution in [2.75, 3.05) is 11.4 Å². The number of rotatable bonds is 2. The Bertz CT molecular complexity index is 1190. The number of carboxylic acid groups (broad SMARTS) is 1. The van der Waals surface area contributed by atoms with Crippen LogP contribution >= 0.6 is 12.2 Å². The Hall–Kier alpha value is -3.52. The molecule has 2 atom stereocenters. The average molecular weight is 433 g/mol. The Kier molecular flexibility index (Phi) is 4.59. The van der Waals surface area contributed by atoms with Gasteiger partial charge in [-0.2, -0.15) is 0 Å². The third kappa shape index (κ3) is 3.38. The topological polar surface area (TPSA) is 84.8 Å². The van der Waals surface area contributed by atoms with Gasteiger partial charge in [-0.3, -0.25) is 4.90 Å². The molecule has 0 radical (unpaired) electrons. The van der Waals surface area contributed by atoms with Gasteiger partial charge < -0.3 is 14.6 Å². The molecule has 0 spiro atoms. The largest absolute Gasteiger partial charge is 0.465 e. The molecule has 0 saturated carbocycles. The van der Waals surface area contributed by atoms with Gasteiger partial charge in [-0.05, 0) is 13.8 Å². The zero-order chi connectivity index (χ0) is 21.7. The monoisotopic (exact) mass is 433 g/mol. The first kappa shape index (κ1) is 19.4. The summed E-state index contributed by atoms with van der Waals surface area (Å²) >= 11 is 5.06. The minimum absolute atomic E-state index is 0.00511. The van der Waals surface area contributed by atoms with Gasteiger partial charge in [0.15, 0.2) is 18.0 Å². The first-order valence-corrected chi connectivity index (χ1v) is 10.3. The van der Waals surface area contributed by atoms with Crippen LogP contribution in [-0.4, -0.2) is 39.1 Å². The van der Waals surface area contributed by atoms with Gasteiger partial charge in [-0.25, -0.2) is 14.8 Å². The molecule has 2 aliphatic heterocycles. The van der Waals surface area contributed by atoms with Gasteiger partial charge in [-0.15, -0.1) is 0 Å². The van der Waals surface area contributed by atoms with Crippen molar-refractivity contribution >= 4 is 29.4 Å². The number of aromatic nitrogens is 2. The summed E-state index contributed by atoms with van der Waals surface area (Å²) in [4.78, 5) is 22.8. The second kappa shape index (κ2) is 7.31. The number of aryl methyl sites for hydroxylation is 2.